The highest BCUT2D eigenvalue weighted by atomic mass is 16.5. The number of carbonyl (C=O) groups excluding carboxylic acids is 4. The number of aliphatic hydroxyl groups is 1. The number of para-hydroxylation sites is 1. The number of imide groups is 2. The van der Waals surface area contributed by atoms with Gasteiger partial charge in [-0.05, 0) is 31.2 Å². The first kappa shape index (κ1) is 22.7. The van der Waals surface area contributed by atoms with E-state index < -0.39 is 41.4 Å². The van der Waals surface area contributed by atoms with Crippen LogP contribution in [-0.2, 0) is 4.79 Å². The Kier molecular flexibility index (Phi) is 5.80. The fourth-order valence-electron chi connectivity index (χ4n) is 4.50. The first-order chi connectivity index (χ1) is 15.8. The second-order valence-electron chi connectivity index (χ2n) is 8.34. The van der Waals surface area contributed by atoms with E-state index in [4.69, 9.17) is 4.74 Å². The molecule has 2 heterocycles. The van der Waals surface area contributed by atoms with Gasteiger partial charge in [-0.3, -0.25) is 24.1 Å². The van der Waals surface area contributed by atoms with Crippen LogP contribution < -0.4 is 4.74 Å². The molecule has 2 unspecified atom stereocenters. The number of ether oxygens (including phenoxy) is 1. The van der Waals surface area contributed by atoms with Crippen LogP contribution >= 0.6 is 0 Å². The van der Waals surface area contributed by atoms with Crippen LogP contribution in [0.2, 0.25) is 0 Å². The fraction of sp³-hybridized carbons (Fsp3) is 0.360. The minimum absolute atomic E-state index is 0.244. The third-order valence-electron chi connectivity index (χ3n) is 6.51. The molecule has 0 saturated carbocycles. The van der Waals surface area contributed by atoms with Gasteiger partial charge < -0.3 is 9.84 Å². The molecule has 8 heteroatoms. The minimum Gasteiger partial charge on any atom is -0.467 e. The molecule has 1 N–H and O–H groups in total. The Hall–Kier alpha value is -3.52. The average Bonchev–Trinajstić information content (AvgIpc) is 3.06. The predicted octanol–water partition coefficient (Wildman–Crippen LogP) is 2.86. The number of fused-ring (bicyclic) bond motifs is 2. The summed E-state index contributed by atoms with van der Waals surface area (Å²) in [7, 11) is 0. The summed E-state index contributed by atoms with van der Waals surface area (Å²) in [6.07, 6.45) is -0.567. The monoisotopic (exact) mass is 450 g/mol. The maximum absolute atomic E-state index is 13.8. The van der Waals surface area contributed by atoms with Crippen molar-refractivity contribution < 1.29 is 29.0 Å². The number of amides is 4. The van der Waals surface area contributed by atoms with Gasteiger partial charge in [-0.1, -0.05) is 38.1 Å². The third-order valence-corrected chi connectivity index (χ3v) is 6.51. The van der Waals surface area contributed by atoms with Crippen LogP contribution in [0.3, 0.4) is 0 Å². The van der Waals surface area contributed by atoms with E-state index in [-0.39, 0.29) is 23.2 Å². The Morgan fingerprint density at radius 1 is 0.909 bits per heavy atom. The smallest absolute Gasteiger partial charge is 0.267 e. The molecule has 0 aromatic heterocycles. The molecule has 0 fully saturated rings. The van der Waals surface area contributed by atoms with Crippen molar-refractivity contribution in [2.75, 3.05) is 6.54 Å². The zero-order valence-corrected chi connectivity index (χ0v) is 18.8. The quantitative estimate of drug-likeness (QED) is 0.679. The lowest BCUT2D eigenvalue weighted by Crippen LogP contribution is -2.63. The molecule has 0 bridgehead atoms. The first-order valence-corrected chi connectivity index (χ1v) is 11.1. The molecule has 33 heavy (non-hydrogen) atoms. The van der Waals surface area contributed by atoms with Crippen molar-refractivity contribution in [3.8, 4) is 5.75 Å². The molecule has 2 aliphatic rings. The molecule has 0 spiro atoms. The lowest BCUT2D eigenvalue weighted by Gasteiger charge is -2.46. The second-order valence-corrected chi connectivity index (χ2v) is 8.34. The van der Waals surface area contributed by atoms with Crippen LogP contribution in [0.4, 0.5) is 0 Å². The molecule has 172 valence electrons. The van der Waals surface area contributed by atoms with Crippen molar-refractivity contribution >= 4 is 23.6 Å². The van der Waals surface area contributed by atoms with Crippen LogP contribution in [-0.4, -0.2) is 56.9 Å². The maximum Gasteiger partial charge on any atom is 0.267 e. The molecule has 2 aromatic rings. The number of nitrogens with zero attached hydrogens (tertiary/aromatic N) is 2. The molecule has 8 nitrogen and oxygen atoms in total. The SMILES string of the molecule is CCC1(CC)Oc2ccccc2C(=O)N1C(=O)C(CN1C(=O)c2ccccc2C1=O)C(C)O. The number of rotatable bonds is 6. The van der Waals surface area contributed by atoms with E-state index in [0.29, 0.717) is 18.6 Å². The maximum atomic E-state index is 13.8. The zero-order chi connectivity index (χ0) is 23.9. The van der Waals surface area contributed by atoms with Crippen molar-refractivity contribution in [1.82, 2.24) is 9.80 Å². The highest BCUT2D eigenvalue weighted by Gasteiger charge is 2.51. The summed E-state index contributed by atoms with van der Waals surface area (Å²) in [5.41, 5.74) is -0.491. The number of aliphatic hydroxyl groups excluding tert-OH is 1. The van der Waals surface area contributed by atoms with E-state index in [1.165, 1.54) is 6.92 Å². The Morgan fingerprint density at radius 2 is 1.42 bits per heavy atom. The molecule has 0 saturated heterocycles. The van der Waals surface area contributed by atoms with E-state index in [2.05, 4.69) is 0 Å². The summed E-state index contributed by atoms with van der Waals surface area (Å²) >= 11 is 0. The lowest BCUT2D eigenvalue weighted by molar-refractivity contribution is -0.157. The molecular weight excluding hydrogens is 424 g/mol. The summed E-state index contributed by atoms with van der Waals surface area (Å²) in [5.74, 6) is -3.09. The standard InChI is InChI=1S/C25H26N2O6/c1-4-25(5-2)27(23(31)18-12-8-9-13-20(18)33-25)24(32)19(15(3)28)14-26-21(29)16-10-6-7-11-17(16)22(26)30/h6-13,15,19,28H,4-5,14H2,1-3H3. The Morgan fingerprint density at radius 3 is 1.94 bits per heavy atom. The summed E-state index contributed by atoms with van der Waals surface area (Å²) in [6.45, 7) is 4.68. The fourth-order valence-corrected chi connectivity index (χ4v) is 4.50. The highest BCUT2D eigenvalue weighted by Crippen LogP contribution is 2.39. The van der Waals surface area contributed by atoms with E-state index in [9.17, 15) is 24.3 Å². The number of hydrogen-bond donors (Lipinski definition) is 1. The van der Waals surface area contributed by atoms with Gasteiger partial charge >= 0.3 is 0 Å². The Balaban J connectivity index is 1.70. The minimum atomic E-state index is -1.24. The highest BCUT2D eigenvalue weighted by molar-refractivity contribution is 6.21. The largest absolute Gasteiger partial charge is 0.467 e. The molecule has 2 aromatic carbocycles. The summed E-state index contributed by atoms with van der Waals surface area (Å²) in [5, 5.41) is 10.5. The molecule has 2 atom stereocenters. The molecule has 2 aliphatic heterocycles. The zero-order valence-electron chi connectivity index (χ0n) is 18.8. The second kappa shape index (κ2) is 8.44. The van der Waals surface area contributed by atoms with Crippen molar-refractivity contribution in [3.05, 3.63) is 65.2 Å². The first-order valence-electron chi connectivity index (χ1n) is 11.1. The van der Waals surface area contributed by atoms with Gasteiger partial charge in [0.25, 0.3) is 17.7 Å². The van der Waals surface area contributed by atoms with Crippen LogP contribution in [0.25, 0.3) is 0 Å². The summed E-state index contributed by atoms with van der Waals surface area (Å²) in [6, 6.07) is 13.1. The van der Waals surface area contributed by atoms with Crippen molar-refractivity contribution in [2.45, 2.75) is 45.4 Å². The Bertz CT molecular complexity index is 1100. The van der Waals surface area contributed by atoms with Gasteiger partial charge in [-0.2, -0.15) is 0 Å². The van der Waals surface area contributed by atoms with Gasteiger partial charge in [-0.15, -0.1) is 0 Å². The van der Waals surface area contributed by atoms with Crippen molar-refractivity contribution in [3.63, 3.8) is 0 Å². The van der Waals surface area contributed by atoms with Crippen LogP contribution in [0.5, 0.6) is 5.75 Å². The number of hydrogen-bond acceptors (Lipinski definition) is 6. The van der Waals surface area contributed by atoms with Gasteiger partial charge in [0.05, 0.1) is 28.7 Å². The third kappa shape index (κ3) is 3.51. The van der Waals surface area contributed by atoms with E-state index >= 15 is 0 Å². The summed E-state index contributed by atoms with van der Waals surface area (Å²) in [4.78, 5) is 54.9. The van der Waals surface area contributed by atoms with Gasteiger partial charge in [0, 0.05) is 19.4 Å². The van der Waals surface area contributed by atoms with Crippen LogP contribution in [0.1, 0.15) is 64.7 Å². The normalized spacial score (nSPS) is 18.5. The van der Waals surface area contributed by atoms with E-state index in [1.54, 1.807) is 48.5 Å². The van der Waals surface area contributed by atoms with E-state index in [0.717, 1.165) is 9.80 Å². The van der Waals surface area contributed by atoms with Crippen LogP contribution in [0, 0.1) is 5.92 Å². The van der Waals surface area contributed by atoms with Crippen LogP contribution in [0.15, 0.2) is 48.5 Å². The van der Waals surface area contributed by atoms with Gasteiger partial charge in [0.1, 0.15) is 5.75 Å². The molecular formula is C25H26N2O6. The molecule has 0 aliphatic carbocycles. The summed E-state index contributed by atoms with van der Waals surface area (Å²) < 4.78 is 6.17. The van der Waals surface area contributed by atoms with Crippen molar-refractivity contribution in [2.24, 2.45) is 5.92 Å². The van der Waals surface area contributed by atoms with Crippen molar-refractivity contribution in [1.29, 1.82) is 0 Å². The average molecular weight is 450 g/mol. The number of benzene rings is 2. The lowest BCUT2D eigenvalue weighted by atomic mass is 9.94. The van der Waals surface area contributed by atoms with E-state index in [1.807, 2.05) is 13.8 Å². The van der Waals surface area contributed by atoms with Gasteiger partial charge in [-0.25, -0.2) is 4.90 Å². The van der Waals surface area contributed by atoms with Gasteiger partial charge in [0.2, 0.25) is 5.91 Å². The molecule has 4 amide bonds. The molecule has 0 radical (unpaired) electrons. The number of carbonyl (C=O) groups is 4. The molecule has 4 rings (SSSR count). The predicted molar refractivity (Wildman–Crippen MR) is 119 cm³/mol. The topological polar surface area (TPSA) is 104 Å². The van der Waals surface area contributed by atoms with Gasteiger partial charge in [0.15, 0.2) is 5.72 Å². The Labute approximate surface area is 191 Å².